The van der Waals surface area contributed by atoms with Gasteiger partial charge in [0, 0.05) is 19.2 Å². The fraction of sp³-hybridized carbons (Fsp3) is 0.333. The molecule has 2 aromatic rings. The zero-order valence-electron chi connectivity index (χ0n) is 8.97. The van der Waals surface area contributed by atoms with Crippen LogP contribution in [0.15, 0.2) is 30.5 Å². The fourth-order valence-corrected chi connectivity index (χ4v) is 1.80. The van der Waals surface area contributed by atoms with Gasteiger partial charge in [0.2, 0.25) is 0 Å². The second-order valence-corrected chi connectivity index (χ2v) is 3.93. The molecule has 0 amide bonds. The van der Waals surface area contributed by atoms with Crippen molar-refractivity contribution in [3.05, 3.63) is 36.3 Å². The average Bonchev–Trinajstić information content (AvgIpc) is 2.59. The van der Waals surface area contributed by atoms with Crippen LogP contribution >= 0.6 is 0 Å². The molecule has 0 bridgehead atoms. The Bertz CT molecular complexity index is 513. The third kappa shape index (κ3) is 2.99. The molecule has 2 rings (SSSR count). The van der Waals surface area contributed by atoms with Gasteiger partial charge in [-0.15, -0.1) is 0 Å². The third-order valence-electron chi connectivity index (χ3n) is 2.60. The molecular weight excluding hydrogens is 234 g/mol. The highest BCUT2D eigenvalue weighted by Crippen LogP contribution is 2.23. The second-order valence-electron chi connectivity index (χ2n) is 3.93. The molecule has 1 nitrogen and oxygen atoms in total. The molecule has 1 aromatic carbocycles. The van der Waals surface area contributed by atoms with Crippen LogP contribution in [0.3, 0.4) is 0 Å². The van der Waals surface area contributed by atoms with Gasteiger partial charge in [0.25, 0.3) is 0 Å². The smallest absolute Gasteiger partial charge is 0.347 e. The van der Waals surface area contributed by atoms with E-state index in [1.165, 1.54) is 12.1 Å². The zero-order chi connectivity index (χ0) is 12.5. The predicted molar refractivity (Wildman–Crippen MR) is 57.2 cm³/mol. The van der Waals surface area contributed by atoms with Gasteiger partial charge in [-0.05, 0) is 36.1 Å². The molecule has 0 radical (unpaired) electrons. The van der Waals surface area contributed by atoms with Crippen LogP contribution in [0.5, 0.6) is 0 Å². The minimum absolute atomic E-state index is 0.00376. The predicted octanol–water partition coefficient (Wildman–Crippen LogP) is 4.12. The van der Waals surface area contributed by atoms with E-state index >= 15 is 0 Å². The van der Waals surface area contributed by atoms with Gasteiger partial charge in [-0.3, -0.25) is 0 Å². The van der Waals surface area contributed by atoms with Crippen LogP contribution in [0, 0.1) is 5.82 Å². The lowest BCUT2D eigenvalue weighted by Crippen LogP contribution is -2.08. The maximum absolute atomic E-state index is 13.0. The monoisotopic (exact) mass is 245 g/mol. The maximum Gasteiger partial charge on any atom is 0.389 e. The SMILES string of the molecule is Fc1ccc2ccn(CCCC(F)(F)F)c2c1. The average molecular weight is 245 g/mol. The van der Waals surface area contributed by atoms with E-state index in [1.807, 2.05) is 0 Å². The molecule has 0 saturated carbocycles. The summed E-state index contributed by atoms with van der Waals surface area (Å²) in [5.41, 5.74) is 0.632. The van der Waals surface area contributed by atoms with E-state index in [9.17, 15) is 17.6 Å². The molecule has 0 spiro atoms. The standard InChI is InChI=1S/C12H11F4N/c13-10-3-2-9-4-7-17(11(9)8-10)6-1-5-12(14,15)16/h2-4,7-8H,1,5-6H2. The molecule has 0 aliphatic heterocycles. The van der Waals surface area contributed by atoms with E-state index in [0.717, 1.165) is 5.39 Å². The molecule has 1 heterocycles. The highest BCUT2D eigenvalue weighted by Gasteiger charge is 2.26. The van der Waals surface area contributed by atoms with Crippen molar-refractivity contribution in [1.82, 2.24) is 4.57 Å². The minimum atomic E-state index is -4.13. The van der Waals surface area contributed by atoms with Crippen molar-refractivity contribution < 1.29 is 17.6 Å². The summed E-state index contributed by atoms with van der Waals surface area (Å²) in [6, 6.07) is 6.05. The van der Waals surface area contributed by atoms with Gasteiger partial charge in [0.1, 0.15) is 5.82 Å². The molecule has 0 aliphatic rings. The lowest BCUT2D eigenvalue weighted by Gasteiger charge is -2.08. The number of nitrogens with zero attached hydrogens (tertiary/aromatic N) is 1. The number of alkyl halides is 3. The number of halogens is 4. The van der Waals surface area contributed by atoms with E-state index in [2.05, 4.69) is 0 Å². The highest BCUT2D eigenvalue weighted by atomic mass is 19.4. The maximum atomic E-state index is 13.0. The molecule has 1 aromatic heterocycles. The Hall–Kier alpha value is -1.52. The number of hydrogen-bond acceptors (Lipinski definition) is 0. The molecule has 17 heavy (non-hydrogen) atoms. The van der Waals surface area contributed by atoms with Crippen molar-refractivity contribution in [2.24, 2.45) is 0 Å². The number of hydrogen-bond donors (Lipinski definition) is 0. The first kappa shape index (κ1) is 12.0. The topological polar surface area (TPSA) is 4.93 Å². The van der Waals surface area contributed by atoms with E-state index in [-0.39, 0.29) is 18.8 Å². The van der Waals surface area contributed by atoms with E-state index in [0.29, 0.717) is 5.52 Å². The molecule has 0 atom stereocenters. The normalized spacial score (nSPS) is 12.2. The lowest BCUT2D eigenvalue weighted by atomic mass is 10.2. The summed E-state index contributed by atoms with van der Waals surface area (Å²) < 4.78 is 50.6. The van der Waals surface area contributed by atoms with Crippen LogP contribution in [-0.2, 0) is 6.54 Å². The molecule has 92 valence electrons. The first-order valence-corrected chi connectivity index (χ1v) is 5.27. The zero-order valence-corrected chi connectivity index (χ0v) is 8.97. The number of rotatable bonds is 3. The van der Waals surface area contributed by atoms with Crippen molar-refractivity contribution in [3.8, 4) is 0 Å². The van der Waals surface area contributed by atoms with E-state index < -0.39 is 12.6 Å². The molecular formula is C12H11F4N. The van der Waals surface area contributed by atoms with Gasteiger partial charge in [-0.1, -0.05) is 0 Å². The van der Waals surface area contributed by atoms with Gasteiger partial charge in [-0.25, -0.2) is 4.39 Å². The van der Waals surface area contributed by atoms with Gasteiger partial charge < -0.3 is 4.57 Å². The summed E-state index contributed by atoms with van der Waals surface area (Å²) in [5.74, 6) is -0.381. The Labute approximate surface area is 95.7 Å². The summed E-state index contributed by atoms with van der Waals surface area (Å²) in [6.07, 6.45) is -3.26. The summed E-state index contributed by atoms with van der Waals surface area (Å²) in [6.45, 7) is 0.243. The molecule has 0 fully saturated rings. The number of benzene rings is 1. The second kappa shape index (κ2) is 4.39. The molecule has 0 N–H and O–H groups in total. The Morgan fingerprint density at radius 3 is 2.59 bits per heavy atom. The summed E-state index contributed by atoms with van der Waals surface area (Å²) in [4.78, 5) is 0. The number of fused-ring (bicyclic) bond motifs is 1. The number of aromatic nitrogens is 1. The van der Waals surface area contributed by atoms with Crippen molar-refractivity contribution in [1.29, 1.82) is 0 Å². The van der Waals surface area contributed by atoms with Crippen LogP contribution in [0.4, 0.5) is 17.6 Å². The van der Waals surface area contributed by atoms with Gasteiger partial charge in [-0.2, -0.15) is 13.2 Å². The lowest BCUT2D eigenvalue weighted by molar-refractivity contribution is -0.135. The highest BCUT2D eigenvalue weighted by molar-refractivity contribution is 5.80. The Kier molecular flexibility index (Phi) is 3.09. The summed E-state index contributed by atoms with van der Waals surface area (Å²) in [7, 11) is 0. The largest absolute Gasteiger partial charge is 0.389 e. The van der Waals surface area contributed by atoms with Gasteiger partial charge in [0.15, 0.2) is 0 Å². The molecule has 0 aliphatic carbocycles. The quantitative estimate of drug-likeness (QED) is 0.717. The van der Waals surface area contributed by atoms with Crippen LogP contribution < -0.4 is 0 Å². The first-order chi connectivity index (χ1) is 7.96. The Morgan fingerprint density at radius 1 is 1.12 bits per heavy atom. The van der Waals surface area contributed by atoms with Crippen LogP contribution in [0.25, 0.3) is 10.9 Å². The molecule has 0 unspecified atom stereocenters. The van der Waals surface area contributed by atoms with Gasteiger partial charge in [0.05, 0.1) is 5.52 Å². The van der Waals surface area contributed by atoms with Gasteiger partial charge >= 0.3 is 6.18 Å². The molecule has 0 saturated heterocycles. The van der Waals surface area contributed by atoms with Crippen LogP contribution in [-0.4, -0.2) is 10.7 Å². The Morgan fingerprint density at radius 2 is 1.88 bits per heavy atom. The molecule has 5 heteroatoms. The van der Waals surface area contributed by atoms with Crippen molar-refractivity contribution in [3.63, 3.8) is 0 Å². The van der Waals surface area contributed by atoms with Crippen molar-refractivity contribution in [2.75, 3.05) is 0 Å². The van der Waals surface area contributed by atoms with Crippen LogP contribution in [0.2, 0.25) is 0 Å². The first-order valence-electron chi connectivity index (χ1n) is 5.27. The van der Waals surface area contributed by atoms with E-state index in [4.69, 9.17) is 0 Å². The third-order valence-corrected chi connectivity index (χ3v) is 2.60. The summed E-state index contributed by atoms with van der Waals surface area (Å²) >= 11 is 0. The Balaban J connectivity index is 2.11. The summed E-state index contributed by atoms with van der Waals surface area (Å²) in [5, 5.41) is 0.832. The van der Waals surface area contributed by atoms with Crippen molar-refractivity contribution >= 4 is 10.9 Å². The van der Waals surface area contributed by atoms with E-state index in [1.54, 1.807) is 22.9 Å². The van der Waals surface area contributed by atoms with Crippen molar-refractivity contribution in [2.45, 2.75) is 25.6 Å². The van der Waals surface area contributed by atoms with Crippen LogP contribution in [0.1, 0.15) is 12.8 Å². The number of aryl methyl sites for hydroxylation is 1. The fourth-order valence-electron chi connectivity index (χ4n) is 1.80. The minimum Gasteiger partial charge on any atom is -0.347 e.